The van der Waals surface area contributed by atoms with E-state index >= 15 is 0 Å². The summed E-state index contributed by atoms with van der Waals surface area (Å²) in [4.78, 5) is 21.7. The van der Waals surface area contributed by atoms with E-state index in [2.05, 4.69) is 5.32 Å². The topological polar surface area (TPSA) is 59.3 Å². The monoisotopic (exact) mass is 179 g/mol. The number of furan rings is 1. The van der Waals surface area contributed by atoms with Crippen LogP contribution in [0.4, 0.5) is 0 Å². The molecule has 4 heteroatoms. The quantitative estimate of drug-likeness (QED) is 0.647. The summed E-state index contributed by atoms with van der Waals surface area (Å²) in [6.45, 7) is 0.666. The molecular weight excluding hydrogens is 170 g/mol. The molecule has 0 atom stereocenters. The lowest BCUT2D eigenvalue weighted by atomic mass is 10.1. The average molecular weight is 179 g/mol. The van der Waals surface area contributed by atoms with Gasteiger partial charge < -0.3 is 9.73 Å². The van der Waals surface area contributed by atoms with E-state index in [9.17, 15) is 9.59 Å². The fourth-order valence-corrected chi connectivity index (χ4v) is 1.45. The molecule has 0 spiro atoms. The third-order valence-electron chi connectivity index (χ3n) is 2.06. The molecule has 1 aliphatic heterocycles. The van der Waals surface area contributed by atoms with Crippen molar-refractivity contribution in [2.75, 3.05) is 6.54 Å². The molecule has 1 aromatic heterocycles. The van der Waals surface area contributed by atoms with E-state index < -0.39 is 0 Å². The summed E-state index contributed by atoms with van der Waals surface area (Å²) in [5, 5.41) is 2.69. The Morgan fingerprint density at radius 3 is 3.15 bits per heavy atom. The predicted molar refractivity (Wildman–Crippen MR) is 44.7 cm³/mol. The van der Waals surface area contributed by atoms with E-state index in [-0.39, 0.29) is 11.7 Å². The van der Waals surface area contributed by atoms with Gasteiger partial charge in [-0.05, 0) is 18.9 Å². The number of hydrogen-bond acceptors (Lipinski definition) is 3. The summed E-state index contributed by atoms with van der Waals surface area (Å²) in [6, 6.07) is 1.63. The molecule has 0 aliphatic carbocycles. The van der Waals surface area contributed by atoms with Crippen molar-refractivity contribution in [2.24, 2.45) is 0 Å². The Hall–Kier alpha value is -1.58. The minimum atomic E-state index is -0.222. The van der Waals surface area contributed by atoms with Gasteiger partial charge in [0, 0.05) is 12.1 Å². The zero-order valence-electron chi connectivity index (χ0n) is 7.00. The zero-order chi connectivity index (χ0) is 9.26. The maximum atomic E-state index is 11.3. The second-order valence-electron chi connectivity index (χ2n) is 2.98. The van der Waals surface area contributed by atoms with Gasteiger partial charge in [0.1, 0.15) is 0 Å². The van der Waals surface area contributed by atoms with E-state index in [1.54, 1.807) is 6.07 Å². The predicted octanol–water partition coefficient (Wildman–Crippen LogP) is 0.768. The molecule has 4 nitrogen and oxygen atoms in total. The SMILES string of the molecule is O=Cc1cc2c(o1)C(=O)NCCC2. The highest BCUT2D eigenvalue weighted by molar-refractivity contribution is 5.94. The van der Waals surface area contributed by atoms with Crippen LogP contribution in [0.25, 0.3) is 0 Å². The summed E-state index contributed by atoms with van der Waals surface area (Å²) in [6.07, 6.45) is 2.28. The molecule has 1 amide bonds. The maximum Gasteiger partial charge on any atom is 0.287 e. The van der Waals surface area contributed by atoms with Crippen LogP contribution in [0.3, 0.4) is 0 Å². The number of aryl methyl sites for hydroxylation is 1. The van der Waals surface area contributed by atoms with Gasteiger partial charge in [-0.1, -0.05) is 0 Å². The fourth-order valence-electron chi connectivity index (χ4n) is 1.45. The van der Waals surface area contributed by atoms with Crippen molar-refractivity contribution in [3.05, 3.63) is 23.2 Å². The lowest BCUT2D eigenvalue weighted by Crippen LogP contribution is -2.22. The molecule has 1 N–H and O–H groups in total. The first-order chi connectivity index (χ1) is 6.31. The molecule has 2 rings (SSSR count). The molecular formula is C9H9NO3. The molecule has 0 unspecified atom stereocenters. The van der Waals surface area contributed by atoms with Gasteiger partial charge in [-0.3, -0.25) is 9.59 Å². The molecule has 0 saturated carbocycles. The van der Waals surface area contributed by atoms with Crippen LogP contribution in [-0.4, -0.2) is 18.7 Å². The normalized spacial score (nSPS) is 15.8. The highest BCUT2D eigenvalue weighted by Gasteiger charge is 2.20. The van der Waals surface area contributed by atoms with Crippen LogP contribution in [0.2, 0.25) is 0 Å². The van der Waals surface area contributed by atoms with Crippen LogP contribution in [0.1, 0.15) is 33.1 Å². The molecule has 0 fully saturated rings. The molecule has 2 heterocycles. The number of aldehydes is 1. The molecule has 0 bridgehead atoms. The van der Waals surface area contributed by atoms with E-state index in [0.717, 1.165) is 18.4 Å². The minimum absolute atomic E-state index is 0.222. The van der Waals surface area contributed by atoms with Crippen molar-refractivity contribution in [3.8, 4) is 0 Å². The highest BCUT2D eigenvalue weighted by Crippen LogP contribution is 2.18. The largest absolute Gasteiger partial charge is 0.448 e. The summed E-state index contributed by atoms with van der Waals surface area (Å²) in [5.41, 5.74) is 0.831. The Bertz CT molecular complexity index is 354. The molecule has 68 valence electrons. The van der Waals surface area contributed by atoms with Crippen molar-refractivity contribution in [1.29, 1.82) is 0 Å². The van der Waals surface area contributed by atoms with Gasteiger partial charge >= 0.3 is 0 Å². The van der Waals surface area contributed by atoms with Crippen LogP contribution in [-0.2, 0) is 6.42 Å². The van der Waals surface area contributed by atoms with Gasteiger partial charge in [-0.2, -0.15) is 0 Å². The summed E-state index contributed by atoms with van der Waals surface area (Å²) < 4.78 is 5.07. The van der Waals surface area contributed by atoms with E-state index in [4.69, 9.17) is 4.42 Å². The van der Waals surface area contributed by atoms with Crippen molar-refractivity contribution < 1.29 is 14.0 Å². The zero-order valence-corrected chi connectivity index (χ0v) is 7.00. The fraction of sp³-hybridized carbons (Fsp3) is 0.333. The summed E-state index contributed by atoms with van der Waals surface area (Å²) in [5.74, 6) is 0.294. The highest BCUT2D eigenvalue weighted by atomic mass is 16.4. The second kappa shape index (κ2) is 3.05. The third kappa shape index (κ3) is 1.35. The van der Waals surface area contributed by atoms with Gasteiger partial charge in [0.15, 0.2) is 17.8 Å². The average Bonchev–Trinajstić information content (AvgIpc) is 2.48. The van der Waals surface area contributed by atoms with Gasteiger partial charge in [0.2, 0.25) is 0 Å². The first-order valence-electron chi connectivity index (χ1n) is 4.17. The lowest BCUT2D eigenvalue weighted by Gasteiger charge is -1.95. The lowest BCUT2D eigenvalue weighted by molar-refractivity contribution is 0.0926. The van der Waals surface area contributed by atoms with Crippen LogP contribution in [0.15, 0.2) is 10.5 Å². The Kier molecular flexibility index (Phi) is 1.88. The number of carbonyl (C=O) groups is 2. The van der Waals surface area contributed by atoms with Gasteiger partial charge in [-0.15, -0.1) is 0 Å². The number of nitrogens with one attached hydrogen (secondary N) is 1. The van der Waals surface area contributed by atoms with Gasteiger partial charge in [0.25, 0.3) is 5.91 Å². The van der Waals surface area contributed by atoms with Crippen LogP contribution < -0.4 is 5.32 Å². The Labute approximate surface area is 74.9 Å². The first kappa shape index (κ1) is 8.04. The van der Waals surface area contributed by atoms with Gasteiger partial charge in [0.05, 0.1) is 0 Å². The van der Waals surface area contributed by atoms with Crippen molar-refractivity contribution in [3.63, 3.8) is 0 Å². The minimum Gasteiger partial charge on any atom is -0.448 e. The van der Waals surface area contributed by atoms with Crippen LogP contribution >= 0.6 is 0 Å². The van der Waals surface area contributed by atoms with Crippen LogP contribution in [0, 0.1) is 0 Å². The summed E-state index contributed by atoms with van der Waals surface area (Å²) >= 11 is 0. The van der Waals surface area contributed by atoms with Crippen LogP contribution in [0.5, 0.6) is 0 Å². The number of hydrogen-bond donors (Lipinski definition) is 1. The van der Waals surface area contributed by atoms with Crippen molar-refractivity contribution >= 4 is 12.2 Å². The number of amides is 1. The Morgan fingerprint density at radius 1 is 1.54 bits per heavy atom. The number of carbonyl (C=O) groups excluding carboxylic acids is 2. The molecule has 0 radical (unpaired) electrons. The summed E-state index contributed by atoms with van der Waals surface area (Å²) in [7, 11) is 0. The Balaban J connectivity index is 2.44. The first-order valence-corrected chi connectivity index (χ1v) is 4.17. The maximum absolute atomic E-state index is 11.3. The van der Waals surface area contributed by atoms with Gasteiger partial charge in [-0.25, -0.2) is 0 Å². The van der Waals surface area contributed by atoms with E-state index in [1.165, 1.54) is 0 Å². The molecule has 1 aromatic rings. The Morgan fingerprint density at radius 2 is 2.38 bits per heavy atom. The second-order valence-corrected chi connectivity index (χ2v) is 2.98. The standard InChI is InChI=1S/C9H9NO3/c11-5-7-4-6-2-1-3-10-9(12)8(6)13-7/h4-5H,1-3H2,(H,10,12). The third-order valence-corrected chi connectivity index (χ3v) is 2.06. The molecule has 1 aliphatic rings. The van der Waals surface area contributed by atoms with Crippen molar-refractivity contribution in [2.45, 2.75) is 12.8 Å². The number of rotatable bonds is 1. The molecule has 0 saturated heterocycles. The molecule has 13 heavy (non-hydrogen) atoms. The number of fused-ring (bicyclic) bond motifs is 1. The van der Waals surface area contributed by atoms with Crippen molar-refractivity contribution in [1.82, 2.24) is 5.32 Å². The van der Waals surface area contributed by atoms with E-state index in [1.807, 2.05) is 0 Å². The molecule has 0 aromatic carbocycles. The van der Waals surface area contributed by atoms with E-state index in [0.29, 0.717) is 18.6 Å². The smallest absolute Gasteiger partial charge is 0.287 e.